The van der Waals surface area contributed by atoms with Gasteiger partial charge in [-0.3, -0.25) is 0 Å². The first-order chi connectivity index (χ1) is 14.3. The molecule has 0 radical (unpaired) electrons. The van der Waals surface area contributed by atoms with Crippen LogP contribution in [0, 0.1) is 41.5 Å². The lowest BCUT2D eigenvalue weighted by Crippen LogP contribution is -2.54. The summed E-state index contributed by atoms with van der Waals surface area (Å²) in [5.41, 5.74) is 12.1. The molecule has 4 rings (SSSR count). The van der Waals surface area contributed by atoms with Gasteiger partial charge in [-0.05, 0) is 41.5 Å². The largest absolute Gasteiger partial charge is 0.257 e. The van der Waals surface area contributed by atoms with Gasteiger partial charge in [0.15, 0.2) is 0 Å². The molecule has 3 aromatic carbocycles. The molecule has 1 heterocycles. The third kappa shape index (κ3) is 3.87. The Labute approximate surface area is 184 Å². The molecular formula is C27H28BNS. The van der Waals surface area contributed by atoms with Gasteiger partial charge in [0.1, 0.15) is 5.01 Å². The van der Waals surface area contributed by atoms with E-state index in [2.05, 4.69) is 102 Å². The first kappa shape index (κ1) is 20.6. The zero-order valence-electron chi connectivity index (χ0n) is 18.7. The fourth-order valence-corrected chi connectivity index (χ4v) is 5.90. The summed E-state index contributed by atoms with van der Waals surface area (Å²) >= 11 is 1.82. The van der Waals surface area contributed by atoms with E-state index in [4.69, 9.17) is 4.98 Å². The highest BCUT2D eigenvalue weighted by Gasteiger charge is 2.30. The zero-order chi connectivity index (χ0) is 21.4. The van der Waals surface area contributed by atoms with E-state index in [1.165, 1.54) is 54.6 Å². The van der Waals surface area contributed by atoms with Gasteiger partial charge in [0, 0.05) is 16.5 Å². The van der Waals surface area contributed by atoms with E-state index < -0.39 is 0 Å². The zero-order valence-corrected chi connectivity index (χ0v) is 19.5. The molecule has 3 heteroatoms. The Morgan fingerprint density at radius 1 is 0.667 bits per heavy atom. The number of thiazole rings is 1. The number of aromatic nitrogens is 1. The fraction of sp³-hybridized carbons (Fsp3) is 0.222. The second-order valence-corrected chi connectivity index (χ2v) is 9.55. The third-order valence-corrected chi connectivity index (χ3v) is 6.99. The standard InChI is InChI=1S/C27H28BNS/c1-17-12-19(3)25(20(4)13-17)28(26-21(5)14-18(2)15-22(26)6)24-16-29-27(30-24)23-10-8-7-9-11-23/h7-16H,1-6H3. The molecule has 0 fully saturated rings. The molecule has 1 aromatic heterocycles. The van der Waals surface area contributed by atoms with Crippen molar-refractivity contribution in [3.8, 4) is 10.6 Å². The van der Waals surface area contributed by atoms with E-state index in [0.29, 0.717) is 0 Å². The molecule has 0 aliphatic rings. The molecule has 4 aromatic rings. The number of aryl methyl sites for hydroxylation is 6. The summed E-state index contributed by atoms with van der Waals surface area (Å²) in [7, 11) is 0. The summed E-state index contributed by atoms with van der Waals surface area (Å²) in [5, 5.41) is 1.08. The molecule has 0 atom stereocenters. The average molecular weight is 409 g/mol. The monoisotopic (exact) mass is 409 g/mol. The van der Waals surface area contributed by atoms with Gasteiger partial charge < -0.3 is 0 Å². The highest BCUT2D eigenvalue weighted by atomic mass is 32.1. The molecule has 150 valence electrons. The molecule has 0 amide bonds. The lowest BCUT2D eigenvalue weighted by Gasteiger charge is -2.23. The van der Waals surface area contributed by atoms with E-state index in [0.717, 1.165) is 5.01 Å². The molecule has 1 nitrogen and oxygen atoms in total. The van der Waals surface area contributed by atoms with E-state index in [1.807, 2.05) is 11.3 Å². The van der Waals surface area contributed by atoms with Gasteiger partial charge in [-0.25, -0.2) is 4.98 Å². The second kappa shape index (κ2) is 8.24. The van der Waals surface area contributed by atoms with Crippen LogP contribution in [0.25, 0.3) is 10.6 Å². The van der Waals surface area contributed by atoms with Crippen LogP contribution >= 0.6 is 11.3 Å². The Bertz CT molecular complexity index is 1100. The first-order valence-electron chi connectivity index (χ1n) is 10.5. The molecule has 0 unspecified atom stereocenters. The molecular weight excluding hydrogens is 381 g/mol. The average Bonchev–Trinajstić information content (AvgIpc) is 3.16. The van der Waals surface area contributed by atoms with E-state index in [9.17, 15) is 0 Å². The highest BCUT2D eigenvalue weighted by molar-refractivity contribution is 7.29. The van der Waals surface area contributed by atoms with Gasteiger partial charge in [-0.2, -0.15) is 0 Å². The van der Waals surface area contributed by atoms with Crippen molar-refractivity contribution in [2.45, 2.75) is 41.5 Å². The minimum Gasteiger partial charge on any atom is -0.245 e. The first-order valence-corrected chi connectivity index (χ1v) is 11.3. The van der Waals surface area contributed by atoms with Crippen molar-refractivity contribution in [1.82, 2.24) is 4.98 Å². The minimum absolute atomic E-state index is 0.196. The number of nitrogens with zero attached hydrogens (tertiary/aromatic N) is 1. The molecule has 0 aliphatic carbocycles. The van der Waals surface area contributed by atoms with Crippen LogP contribution in [0.2, 0.25) is 0 Å². The van der Waals surface area contributed by atoms with Gasteiger partial charge in [0.25, 0.3) is 6.71 Å². The van der Waals surface area contributed by atoms with Gasteiger partial charge >= 0.3 is 0 Å². The maximum atomic E-state index is 4.83. The van der Waals surface area contributed by atoms with Crippen LogP contribution in [-0.4, -0.2) is 11.7 Å². The number of benzene rings is 3. The van der Waals surface area contributed by atoms with Gasteiger partial charge in [-0.1, -0.05) is 98.9 Å². The Morgan fingerprint density at radius 3 is 1.60 bits per heavy atom. The Balaban J connectivity index is 1.96. The SMILES string of the molecule is Cc1cc(C)c(B(c2cnc(-c3ccccc3)s2)c2c(C)cc(C)cc2C)c(C)c1. The molecule has 0 saturated heterocycles. The Hall–Kier alpha value is -2.65. The van der Waals surface area contributed by atoms with Crippen LogP contribution < -0.4 is 15.7 Å². The van der Waals surface area contributed by atoms with Crippen molar-refractivity contribution in [2.24, 2.45) is 0 Å². The summed E-state index contributed by atoms with van der Waals surface area (Å²) in [4.78, 5) is 4.83. The smallest absolute Gasteiger partial charge is 0.245 e. The molecule has 0 spiro atoms. The van der Waals surface area contributed by atoms with Crippen molar-refractivity contribution in [2.75, 3.05) is 0 Å². The number of rotatable bonds is 4. The van der Waals surface area contributed by atoms with Crippen molar-refractivity contribution in [3.63, 3.8) is 0 Å². The van der Waals surface area contributed by atoms with Crippen LogP contribution in [-0.2, 0) is 0 Å². The summed E-state index contributed by atoms with van der Waals surface area (Å²) in [5.74, 6) is 0. The molecule has 0 bridgehead atoms. The normalized spacial score (nSPS) is 11.0. The third-order valence-electron chi connectivity index (χ3n) is 5.88. The summed E-state index contributed by atoms with van der Waals surface area (Å²) in [6.45, 7) is 13.6. The topological polar surface area (TPSA) is 12.9 Å². The second-order valence-electron chi connectivity index (χ2n) is 8.49. The lowest BCUT2D eigenvalue weighted by atomic mass is 9.37. The van der Waals surface area contributed by atoms with Crippen molar-refractivity contribution >= 4 is 33.8 Å². The molecule has 0 aliphatic heterocycles. The van der Waals surface area contributed by atoms with Crippen LogP contribution in [0.1, 0.15) is 33.4 Å². The van der Waals surface area contributed by atoms with Crippen LogP contribution in [0.15, 0.2) is 60.8 Å². The fourth-order valence-electron chi connectivity index (χ4n) is 4.86. The summed E-state index contributed by atoms with van der Waals surface area (Å²) in [6.07, 6.45) is 2.09. The van der Waals surface area contributed by atoms with E-state index in [1.54, 1.807) is 0 Å². The van der Waals surface area contributed by atoms with E-state index in [-0.39, 0.29) is 6.71 Å². The predicted molar refractivity (Wildman–Crippen MR) is 134 cm³/mol. The van der Waals surface area contributed by atoms with Gasteiger partial charge in [0.05, 0.1) is 0 Å². The Kier molecular flexibility index (Phi) is 5.66. The summed E-state index contributed by atoms with van der Waals surface area (Å²) in [6, 6.07) is 19.7. The van der Waals surface area contributed by atoms with Crippen molar-refractivity contribution in [3.05, 3.63) is 94.2 Å². The number of hydrogen-bond donors (Lipinski definition) is 0. The van der Waals surface area contributed by atoms with Gasteiger partial charge in [-0.15, -0.1) is 11.3 Å². The van der Waals surface area contributed by atoms with Crippen molar-refractivity contribution < 1.29 is 0 Å². The molecule has 0 N–H and O–H groups in total. The molecule has 0 saturated carbocycles. The maximum Gasteiger partial charge on any atom is 0.257 e. The van der Waals surface area contributed by atoms with Crippen LogP contribution in [0.3, 0.4) is 0 Å². The van der Waals surface area contributed by atoms with Crippen LogP contribution in [0.4, 0.5) is 0 Å². The van der Waals surface area contributed by atoms with Crippen LogP contribution in [0.5, 0.6) is 0 Å². The maximum absolute atomic E-state index is 4.83. The summed E-state index contributed by atoms with van der Waals surface area (Å²) < 4.78 is 1.30. The van der Waals surface area contributed by atoms with Gasteiger partial charge in [0.2, 0.25) is 0 Å². The number of hydrogen-bond acceptors (Lipinski definition) is 2. The van der Waals surface area contributed by atoms with E-state index >= 15 is 0 Å². The Morgan fingerprint density at radius 2 is 1.13 bits per heavy atom. The minimum atomic E-state index is 0.196. The lowest BCUT2D eigenvalue weighted by molar-refractivity contribution is 1.34. The molecule has 30 heavy (non-hydrogen) atoms. The predicted octanol–water partition coefficient (Wildman–Crippen LogP) is 5.18. The quantitative estimate of drug-likeness (QED) is 0.424. The highest BCUT2D eigenvalue weighted by Crippen LogP contribution is 2.21. The van der Waals surface area contributed by atoms with Crippen molar-refractivity contribution in [1.29, 1.82) is 0 Å².